The highest BCUT2D eigenvalue weighted by molar-refractivity contribution is 6.35. The summed E-state index contributed by atoms with van der Waals surface area (Å²) in [5, 5.41) is 23.1. The van der Waals surface area contributed by atoms with E-state index in [9.17, 15) is 37.5 Å². The van der Waals surface area contributed by atoms with Gasteiger partial charge in [-0.3, -0.25) is 14.9 Å². The van der Waals surface area contributed by atoms with Gasteiger partial charge in [-0.1, -0.05) is 42.3 Å². The maximum atomic E-state index is 13.2. The Labute approximate surface area is 339 Å². The maximum Gasteiger partial charge on any atom is 0.417 e. The highest BCUT2D eigenvalue weighted by Gasteiger charge is 2.59. The van der Waals surface area contributed by atoms with Crippen molar-refractivity contribution in [3.63, 3.8) is 0 Å². The first-order valence-corrected chi connectivity index (χ1v) is 18.7. The van der Waals surface area contributed by atoms with E-state index in [0.717, 1.165) is 35.2 Å². The summed E-state index contributed by atoms with van der Waals surface area (Å²) in [7, 11) is 5.86. The molecule has 0 saturated carbocycles. The number of hydrogen-bond acceptors (Lipinski definition) is 10. The summed E-state index contributed by atoms with van der Waals surface area (Å²) in [4.78, 5) is 50.7. The standard InChI is InChI=1S/C28H37ClN2O7.C12H13F3N2O3/c1-16-8-7-9-22(36-6)28(34)15-21(37-26(33)30-28)17(2)25-27(3,38-25)11-10-23(32)31(4)19-13-18(12-16)14-20(35-5)24(19)29;1-6(11(19)20)17(2)10(18)8-4-3-7(16)5-9(8)12(13,14)15/h7-9,13-14,17,21-22,25,34H,10-12,15H2,1-6H3,(H,30,33);3-6H,16H2,1-2H3,(H,19,20)/b9-7+,16-8+;/t17-,21?,22-,25?,27+,28+;6-/m10/s1. The number of benzene rings is 2. The molecule has 2 unspecified atom stereocenters. The number of carbonyl (C=O) groups is 4. The Hall–Kier alpha value is -4.84. The van der Waals surface area contributed by atoms with Gasteiger partial charge in [0.25, 0.3) is 5.91 Å². The van der Waals surface area contributed by atoms with E-state index in [-0.39, 0.29) is 36.5 Å². The van der Waals surface area contributed by atoms with Crippen LogP contribution in [0.25, 0.3) is 0 Å². The smallest absolute Gasteiger partial charge is 0.417 e. The third-order valence-electron chi connectivity index (χ3n) is 10.7. The molecule has 2 fully saturated rings. The molecule has 3 amide bonds. The Morgan fingerprint density at radius 2 is 1.86 bits per heavy atom. The summed E-state index contributed by atoms with van der Waals surface area (Å²) in [5.74, 6) is -2.18. The molecule has 5 rings (SSSR count). The highest BCUT2D eigenvalue weighted by atomic mass is 35.5. The molecular weight excluding hydrogens is 789 g/mol. The number of carboxylic acid groups (broad SMARTS) is 1. The second kappa shape index (κ2) is 18.0. The summed E-state index contributed by atoms with van der Waals surface area (Å²) in [6.45, 7) is 7.05. The number of halogens is 4. The van der Waals surface area contributed by atoms with Crippen molar-refractivity contribution in [3.05, 3.63) is 75.8 Å². The van der Waals surface area contributed by atoms with Gasteiger partial charge in [0.05, 0.1) is 35.6 Å². The van der Waals surface area contributed by atoms with Crippen molar-refractivity contribution >= 4 is 46.9 Å². The van der Waals surface area contributed by atoms with Crippen molar-refractivity contribution in [3.8, 4) is 5.75 Å². The van der Waals surface area contributed by atoms with E-state index in [1.54, 1.807) is 31.2 Å². The van der Waals surface area contributed by atoms with Crippen molar-refractivity contribution in [1.29, 1.82) is 0 Å². The number of rotatable bonds is 5. The number of anilines is 2. The van der Waals surface area contributed by atoms with E-state index in [2.05, 4.69) is 5.32 Å². The summed E-state index contributed by atoms with van der Waals surface area (Å²) < 4.78 is 61.3. The van der Waals surface area contributed by atoms with E-state index < -0.39 is 64.8 Å². The molecule has 18 heteroatoms. The highest BCUT2D eigenvalue weighted by Crippen LogP contribution is 2.48. The predicted octanol–water partition coefficient (Wildman–Crippen LogP) is 5.98. The number of fused-ring (bicyclic) bond motifs is 5. The number of nitrogens with one attached hydrogen (secondary N) is 1. The fourth-order valence-electron chi connectivity index (χ4n) is 6.98. The molecule has 0 spiro atoms. The normalized spacial score (nSPS) is 28.2. The van der Waals surface area contributed by atoms with Crippen LogP contribution in [0.2, 0.25) is 5.02 Å². The van der Waals surface area contributed by atoms with Gasteiger partial charge in [-0.25, -0.2) is 9.59 Å². The first-order valence-electron chi connectivity index (χ1n) is 18.3. The number of allylic oxidation sites excluding steroid dienone is 3. The van der Waals surface area contributed by atoms with Crippen molar-refractivity contribution in [2.24, 2.45) is 5.92 Å². The van der Waals surface area contributed by atoms with Crippen LogP contribution in [0.1, 0.15) is 68.4 Å². The van der Waals surface area contributed by atoms with Gasteiger partial charge < -0.3 is 44.7 Å². The largest absolute Gasteiger partial charge is 0.495 e. The quantitative estimate of drug-likeness (QED) is 0.205. The molecule has 3 aliphatic heterocycles. The molecule has 3 heterocycles. The number of carbonyl (C=O) groups excluding carboxylic acids is 3. The molecule has 318 valence electrons. The van der Waals surface area contributed by atoms with Crippen molar-refractivity contribution in [2.75, 3.05) is 38.9 Å². The Morgan fingerprint density at radius 1 is 1.19 bits per heavy atom. The minimum absolute atomic E-state index is 0.104. The molecule has 0 aromatic heterocycles. The molecule has 0 radical (unpaired) electrons. The average Bonchev–Trinajstić information content (AvgIpc) is 3.84. The van der Waals surface area contributed by atoms with Gasteiger partial charge in [-0.15, -0.1) is 0 Å². The zero-order chi connectivity index (χ0) is 43.5. The van der Waals surface area contributed by atoms with Crippen LogP contribution < -0.4 is 20.7 Å². The molecule has 0 aliphatic carbocycles. The summed E-state index contributed by atoms with van der Waals surface area (Å²) in [6, 6.07) is 5.24. The number of epoxide rings is 1. The van der Waals surface area contributed by atoms with Gasteiger partial charge in [0.15, 0.2) is 5.72 Å². The third-order valence-corrected chi connectivity index (χ3v) is 11.1. The number of alkyl carbamates (subject to hydrolysis) is 1. The lowest BCUT2D eigenvalue weighted by Gasteiger charge is -2.42. The molecule has 2 aromatic carbocycles. The molecular formula is C40H50ClF3N4O10. The topological polar surface area (TPSA) is 193 Å². The molecule has 3 aliphatic rings. The van der Waals surface area contributed by atoms with Crippen LogP contribution in [0.3, 0.4) is 0 Å². The number of aliphatic hydroxyl groups is 1. The van der Waals surface area contributed by atoms with Crippen LogP contribution in [-0.4, -0.2) is 103 Å². The second-order valence-electron chi connectivity index (χ2n) is 15.0. The summed E-state index contributed by atoms with van der Waals surface area (Å²) in [5.41, 5.74) is 3.63. The van der Waals surface area contributed by atoms with E-state index in [1.807, 2.05) is 39.0 Å². The monoisotopic (exact) mass is 838 g/mol. The SMILES string of the molecule is COc1cc2cc(c1Cl)N(C)C(=O)CC[C@]1(C)OC1[C@H](C)C1C[C@@](O)(NC(=O)O1)[C@H](OC)/C=C/C=C(\C)C2.C[C@@H](C(=O)O)N(C)C(=O)c1ccc(N)cc1C(F)(F)F. The first kappa shape index (κ1) is 45.9. The fraction of sp³-hybridized carbons (Fsp3) is 0.500. The number of nitrogens with zero attached hydrogens (tertiary/aromatic N) is 2. The van der Waals surface area contributed by atoms with Gasteiger partial charge in [0.2, 0.25) is 5.91 Å². The van der Waals surface area contributed by atoms with Crippen molar-refractivity contribution in [1.82, 2.24) is 10.2 Å². The Kier molecular flexibility index (Phi) is 14.2. The minimum Gasteiger partial charge on any atom is -0.495 e. The number of amides is 3. The maximum absolute atomic E-state index is 13.2. The van der Waals surface area contributed by atoms with E-state index in [0.29, 0.717) is 35.4 Å². The second-order valence-corrected chi connectivity index (χ2v) is 15.3. The zero-order valence-electron chi connectivity index (χ0n) is 33.5. The van der Waals surface area contributed by atoms with Gasteiger partial charge in [-0.2, -0.15) is 13.2 Å². The number of likely N-dealkylation sites (N-methyl/N-ethyl adjacent to an activating group) is 1. The molecule has 14 nitrogen and oxygen atoms in total. The van der Waals surface area contributed by atoms with Crippen LogP contribution in [0, 0.1) is 5.92 Å². The number of methoxy groups -OCH3 is 2. The fourth-order valence-corrected chi connectivity index (χ4v) is 7.29. The molecule has 2 aromatic rings. The van der Waals surface area contributed by atoms with Crippen molar-refractivity contribution < 1.29 is 61.5 Å². The molecule has 7 atom stereocenters. The Balaban J connectivity index is 0.000000314. The number of aliphatic carboxylic acids is 1. The average molecular weight is 839 g/mol. The van der Waals surface area contributed by atoms with Crippen LogP contribution in [0.4, 0.5) is 29.3 Å². The number of hydrogen-bond donors (Lipinski definition) is 4. The number of carboxylic acids is 1. The van der Waals surface area contributed by atoms with Crippen LogP contribution >= 0.6 is 11.6 Å². The van der Waals surface area contributed by atoms with E-state index in [4.69, 9.17) is 41.4 Å². The van der Waals surface area contributed by atoms with E-state index >= 15 is 0 Å². The Bertz CT molecular complexity index is 1960. The lowest BCUT2D eigenvalue weighted by Crippen LogP contribution is -2.63. The van der Waals surface area contributed by atoms with Crippen molar-refractivity contribution in [2.45, 2.75) is 95.2 Å². The van der Waals surface area contributed by atoms with Crippen LogP contribution in [0.15, 0.2) is 54.1 Å². The first-order chi connectivity index (χ1) is 27.0. The van der Waals surface area contributed by atoms with Gasteiger partial charge in [-0.05, 0) is 69.5 Å². The molecule has 58 heavy (non-hydrogen) atoms. The number of alkyl halides is 3. The predicted molar refractivity (Wildman–Crippen MR) is 209 cm³/mol. The summed E-state index contributed by atoms with van der Waals surface area (Å²) in [6.07, 6.45) is -0.295. The number of ether oxygens (including phenoxy) is 4. The zero-order valence-corrected chi connectivity index (χ0v) is 34.2. The minimum atomic E-state index is -4.76. The third kappa shape index (κ3) is 10.4. The van der Waals surface area contributed by atoms with Gasteiger partial charge in [0.1, 0.15) is 29.0 Å². The molecule has 5 N–H and O–H groups in total. The molecule has 4 bridgehead atoms. The molecule has 2 saturated heterocycles. The lowest BCUT2D eigenvalue weighted by atomic mass is 9.84. The Morgan fingerprint density at radius 3 is 2.47 bits per heavy atom. The van der Waals surface area contributed by atoms with Gasteiger partial charge >= 0.3 is 18.2 Å². The van der Waals surface area contributed by atoms with Crippen LogP contribution in [-0.2, 0) is 36.4 Å². The number of nitrogens with two attached hydrogens (primary N) is 1. The lowest BCUT2D eigenvalue weighted by molar-refractivity contribution is -0.142. The number of nitrogen functional groups attached to an aromatic ring is 1. The van der Waals surface area contributed by atoms with Gasteiger partial charge in [0, 0.05) is 45.7 Å². The summed E-state index contributed by atoms with van der Waals surface area (Å²) >= 11 is 6.61. The van der Waals surface area contributed by atoms with E-state index in [1.165, 1.54) is 14.0 Å². The van der Waals surface area contributed by atoms with Crippen LogP contribution in [0.5, 0.6) is 5.75 Å².